The summed E-state index contributed by atoms with van der Waals surface area (Å²) >= 11 is 0. The van der Waals surface area contributed by atoms with Crippen LogP contribution in [0.5, 0.6) is 0 Å². The lowest BCUT2D eigenvalue weighted by Gasteiger charge is -2.25. The van der Waals surface area contributed by atoms with E-state index in [0.717, 1.165) is 29.6 Å². The van der Waals surface area contributed by atoms with Crippen LogP contribution >= 0.6 is 0 Å². The molecule has 0 aromatic heterocycles. The molecule has 0 heterocycles. The second kappa shape index (κ2) is 3.29. The lowest BCUT2D eigenvalue weighted by Crippen LogP contribution is -2.19. The van der Waals surface area contributed by atoms with Crippen molar-refractivity contribution in [2.75, 3.05) is 14.1 Å². The van der Waals surface area contributed by atoms with Gasteiger partial charge in [0.15, 0.2) is 0 Å². The van der Waals surface area contributed by atoms with E-state index in [1.165, 1.54) is 18.5 Å². The fraction of sp³-hybridized carbons (Fsp3) is 0.846. The van der Waals surface area contributed by atoms with Crippen molar-refractivity contribution in [1.82, 2.24) is 4.90 Å². The molecule has 0 saturated heterocycles. The van der Waals surface area contributed by atoms with Crippen LogP contribution in [0.4, 0.5) is 0 Å². The second-order valence-electron chi connectivity index (χ2n) is 5.70. The molecule has 2 aliphatic rings. The van der Waals surface area contributed by atoms with Gasteiger partial charge in [-0.3, -0.25) is 0 Å². The summed E-state index contributed by atoms with van der Waals surface area (Å²) in [4.78, 5) is 2.21. The van der Waals surface area contributed by atoms with Gasteiger partial charge in [0.25, 0.3) is 0 Å². The Hall–Kier alpha value is -0.460. The normalized spacial score (nSPS) is 39.8. The summed E-state index contributed by atoms with van der Waals surface area (Å²) in [5, 5.41) is 0. The Labute approximate surface area is 88.2 Å². The average Bonchev–Trinajstić information content (AvgIpc) is 2.78. The number of hydrogen-bond donors (Lipinski definition) is 0. The van der Waals surface area contributed by atoms with Crippen LogP contribution < -0.4 is 0 Å². The minimum absolute atomic E-state index is 0.794. The molecule has 0 aromatic rings. The number of fused-ring (bicyclic) bond motifs is 1. The Morgan fingerprint density at radius 1 is 1.21 bits per heavy atom. The van der Waals surface area contributed by atoms with Crippen LogP contribution in [0.15, 0.2) is 12.3 Å². The molecular weight excluding hydrogens is 170 g/mol. The van der Waals surface area contributed by atoms with E-state index in [1.807, 2.05) is 0 Å². The zero-order valence-electron chi connectivity index (χ0n) is 9.96. The van der Waals surface area contributed by atoms with Crippen molar-refractivity contribution >= 4 is 0 Å². The van der Waals surface area contributed by atoms with Crippen molar-refractivity contribution in [2.45, 2.75) is 26.7 Å². The van der Waals surface area contributed by atoms with Gasteiger partial charge in [-0.1, -0.05) is 20.4 Å². The topological polar surface area (TPSA) is 3.24 Å². The highest BCUT2D eigenvalue weighted by atomic mass is 15.1. The van der Waals surface area contributed by atoms with Crippen LogP contribution in [0.2, 0.25) is 0 Å². The van der Waals surface area contributed by atoms with Crippen molar-refractivity contribution < 1.29 is 0 Å². The number of allylic oxidation sites excluding steroid dienone is 1. The van der Waals surface area contributed by atoms with Gasteiger partial charge in [0.2, 0.25) is 0 Å². The first kappa shape index (κ1) is 10.1. The van der Waals surface area contributed by atoms with Gasteiger partial charge in [-0.15, -0.1) is 0 Å². The molecule has 2 fully saturated rings. The predicted octanol–water partition coefficient (Wildman–Crippen LogP) is 2.99. The highest BCUT2D eigenvalue weighted by molar-refractivity contribution is 5.14. The third-order valence-electron chi connectivity index (χ3n) is 4.34. The molecule has 1 nitrogen and oxygen atoms in total. The summed E-state index contributed by atoms with van der Waals surface area (Å²) in [5.41, 5.74) is 1.36. The second-order valence-corrected chi connectivity index (χ2v) is 5.70. The molecule has 14 heavy (non-hydrogen) atoms. The first-order valence-corrected chi connectivity index (χ1v) is 5.88. The zero-order chi connectivity index (χ0) is 10.5. The lowest BCUT2D eigenvalue weighted by atomic mass is 9.87. The van der Waals surface area contributed by atoms with Crippen LogP contribution in [0, 0.1) is 29.6 Å². The molecule has 2 rings (SSSR count). The molecule has 2 saturated carbocycles. The minimum atomic E-state index is 0.794. The quantitative estimate of drug-likeness (QED) is 0.666. The molecule has 0 amide bonds. The fourth-order valence-corrected chi connectivity index (χ4v) is 3.31. The molecule has 0 aromatic carbocycles. The average molecular weight is 193 g/mol. The molecular formula is C13H23N. The highest BCUT2D eigenvalue weighted by Gasteiger charge is 2.55. The van der Waals surface area contributed by atoms with Gasteiger partial charge in [-0.25, -0.2) is 0 Å². The minimum Gasteiger partial charge on any atom is -0.381 e. The van der Waals surface area contributed by atoms with E-state index in [0.29, 0.717) is 0 Å². The molecule has 1 heteroatoms. The summed E-state index contributed by atoms with van der Waals surface area (Å²) in [6, 6.07) is 0. The van der Waals surface area contributed by atoms with Crippen molar-refractivity contribution in [3.05, 3.63) is 12.3 Å². The van der Waals surface area contributed by atoms with Crippen molar-refractivity contribution in [2.24, 2.45) is 29.6 Å². The lowest BCUT2D eigenvalue weighted by molar-refractivity contribution is 0.317. The molecule has 4 atom stereocenters. The molecule has 80 valence electrons. The van der Waals surface area contributed by atoms with E-state index < -0.39 is 0 Å². The Morgan fingerprint density at radius 3 is 2.29 bits per heavy atom. The van der Waals surface area contributed by atoms with Crippen molar-refractivity contribution in [3.63, 3.8) is 0 Å². The van der Waals surface area contributed by atoms with Crippen LogP contribution in [0.3, 0.4) is 0 Å². The molecule has 0 radical (unpaired) electrons. The van der Waals surface area contributed by atoms with Crippen molar-refractivity contribution in [1.29, 1.82) is 0 Å². The first-order chi connectivity index (χ1) is 6.52. The highest BCUT2D eigenvalue weighted by Crippen LogP contribution is 2.62. The Bertz CT molecular complexity index is 242. The number of hydrogen-bond acceptors (Lipinski definition) is 1. The maximum atomic E-state index is 4.23. The van der Waals surface area contributed by atoms with Gasteiger partial charge in [-0.2, -0.15) is 0 Å². The molecule has 2 aliphatic carbocycles. The maximum absolute atomic E-state index is 4.23. The van der Waals surface area contributed by atoms with Gasteiger partial charge in [-0.05, 0) is 36.5 Å². The van der Waals surface area contributed by atoms with Gasteiger partial charge >= 0.3 is 0 Å². The van der Waals surface area contributed by atoms with Crippen LogP contribution in [-0.2, 0) is 0 Å². The number of rotatable bonds is 3. The molecule has 0 aliphatic heterocycles. The van der Waals surface area contributed by atoms with E-state index in [-0.39, 0.29) is 0 Å². The Balaban J connectivity index is 2.02. The van der Waals surface area contributed by atoms with E-state index >= 15 is 0 Å². The standard InChI is InChI=1S/C13H23N/c1-8(2)10-6-11(9(3)14(4)5)13-7-12(10)13/h8,10-13H,3,6-7H2,1-2,4-5H3. The van der Waals surface area contributed by atoms with E-state index in [4.69, 9.17) is 0 Å². The van der Waals surface area contributed by atoms with Gasteiger partial charge < -0.3 is 4.90 Å². The zero-order valence-corrected chi connectivity index (χ0v) is 9.96. The Kier molecular flexibility index (Phi) is 2.36. The van der Waals surface area contributed by atoms with Crippen molar-refractivity contribution in [3.8, 4) is 0 Å². The summed E-state index contributed by atoms with van der Waals surface area (Å²) in [6.45, 7) is 8.98. The van der Waals surface area contributed by atoms with Crippen LogP contribution in [-0.4, -0.2) is 19.0 Å². The molecule has 0 N–H and O–H groups in total. The third-order valence-corrected chi connectivity index (χ3v) is 4.34. The van der Waals surface area contributed by atoms with Gasteiger partial charge in [0, 0.05) is 25.7 Å². The monoisotopic (exact) mass is 193 g/mol. The van der Waals surface area contributed by atoms with E-state index in [1.54, 1.807) is 0 Å². The smallest absolute Gasteiger partial charge is 0.00890 e. The van der Waals surface area contributed by atoms with Gasteiger partial charge in [0.1, 0.15) is 0 Å². The maximum Gasteiger partial charge on any atom is 0.00890 e. The summed E-state index contributed by atoms with van der Waals surface area (Å²) in [6.07, 6.45) is 2.87. The van der Waals surface area contributed by atoms with Crippen LogP contribution in [0.1, 0.15) is 26.7 Å². The molecule has 0 bridgehead atoms. The third kappa shape index (κ3) is 1.47. The van der Waals surface area contributed by atoms with E-state index in [9.17, 15) is 0 Å². The molecule has 4 unspecified atom stereocenters. The molecule has 0 spiro atoms. The number of nitrogens with zero attached hydrogens (tertiary/aromatic N) is 1. The fourth-order valence-electron chi connectivity index (χ4n) is 3.31. The first-order valence-electron chi connectivity index (χ1n) is 5.88. The largest absolute Gasteiger partial charge is 0.381 e. The van der Waals surface area contributed by atoms with E-state index in [2.05, 4.69) is 39.4 Å². The van der Waals surface area contributed by atoms with Gasteiger partial charge in [0.05, 0.1) is 0 Å². The SMILES string of the molecule is C=C(C1CC(C(C)C)C2CC12)N(C)C. The summed E-state index contributed by atoms with van der Waals surface area (Å²) in [7, 11) is 4.25. The summed E-state index contributed by atoms with van der Waals surface area (Å²) in [5.74, 6) is 4.66. The summed E-state index contributed by atoms with van der Waals surface area (Å²) < 4.78 is 0. The van der Waals surface area contributed by atoms with Crippen LogP contribution in [0.25, 0.3) is 0 Å². The Morgan fingerprint density at radius 2 is 1.86 bits per heavy atom. The predicted molar refractivity (Wildman–Crippen MR) is 60.9 cm³/mol.